The molecule has 2 aromatic heterocycles. The third-order valence-electron chi connectivity index (χ3n) is 4.71. The topological polar surface area (TPSA) is 80.1 Å². The van der Waals surface area contributed by atoms with Crippen LogP contribution in [0.5, 0.6) is 0 Å². The Morgan fingerprint density at radius 1 is 1.10 bits per heavy atom. The van der Waals surface area contributed by atoms with Gasteiger partial charge in [-0.25, -0.2) is 0 Å². The molecule has 9 heteroatoms. The molecule has 0 atom stereocenters. The van der Waals surface area contributed by atoms with Crippen molar-refractivity contribution in [3.05, 3.63) is 81.4 Å². The van der Waals surface area contributed by atoms with Crippen molar-refractivity contribution in [1.29, 1.82) is 0 Å². The quantitative estimate of drug-likeness (QED) is 0.675. The number of hydrogen-bond acceptors (Lipinski definition) is 4. The number of fused-ring (bicyclic) bond motifs is 1. The molecule has 0 bridgehead atoms. The van der Waals surface area contributed by atoms with Gasteiger partial charge in [-0.2, -0.15) is 5.10 Å². The number of hydrogen-bond donors (Lipinski definition) is 1. The van der Waals surface area contributed by atoms with Crippen molar-refractivity contribution in [2.24, 2.45) is 0 Å². The van der Waals surface area contributed by atoms with E-state index < -0.39 is 0 Å². The van der Waals surface area contributed by atoms with E-state index in [-0.39, 0.29) is 17.5 Å². The van der Waals surface area contributed by atoms with Gasteiger partial charge in [-0.15, -0.1) is 0 Å². The molecule has 3 aromatic rings. The summed E-state index contributed by atoms with van der Waals surface area (Å²) < 4.78 is 1.56. The lowest BCUT2D eigenvalue weighted by Crippen LogP contribution is -2.39. The van der Waals surface area contributed by atoms with Gasteiger partial charge in [-0.3, -0.25) is 19.3 Å². The zero-order chi connectivity index (χ0) is 20.4. The average Bonchev–Trinajstić information content (AvgIpc) is 3.17. The third-order valence-corrected chi connectivity index (χ3v) is 5.42. The standard InChI is InChI=1S/C20H17Cl2N5O2/c21-15-2-1-3-16(22)14(15)12-26-8-9-27-18(20(26)29)10-17(25-27)19(28)24-11-13-4-6-23-7-5-13/h1-7,10H,8-9,11-12H2,(H,24,28). The number of carbonyl (C=O) groups is 2. The van der Waals surface area contributed by atoms with Gasteiger partial charge in [0, 0.05) is 53.7 Å². The van der Waals surface area contributed by atoms with Crippen LogP contribution in [0.3, 0.4) is 0 Å². The molecule has 7 nitrogen and oxygen atoms in total. The first kappa shape index (κ1) is 19.4. The molecular weight excluding hydrogens is 413 g/mol. The van der Waals surface area contributed by atoms with Gasteiger partial charge in [-0.05, 0) is 29.8 Å². The van der Waals surface area contributed by atoms with Gasteiger partial charge in [0.2, 0.25) is 0 Å². The highest BCUT2D eigenvalue weighted by molar-refractivity contribution is 6.36. The number of halogens is 2. The lowest BCUT2D eigenvalue weighted by atomic mass is 10.2. The summed E-state index contributed by atoms with van der Waals surface area (Å²) in [5.74, 6) is -0.551. The summed E-state index contributed by atoms with van der Waals surface area (Å²) in [5, 5.41) is 8.11. The van der Waals surface area contributed by atoms with Crippen LogP contribution in [-0.4, -0.2) is 38.0 Å². The molecule has 3 heterocycles. The van der Waals surface area contributed by atoms with Crippen molar-refractivity contribution in [3.8, 4) is 0 Å². The molecule has 2 amide bonds. The van der Waals surface area contributed by atoms with Gasteiger partial charge in [0.15, 0.2) is 5.69 Å². The fourth-order valence-corrected chi connectivity index (χ4v) is 3.66. The Bertz CT molecular complexity index is 1050. The highest BCUT2D eigenvalue weighted by atomic mass is 35.5. The van der Waals surface area contributed by atoms with Crippen LogP contribution >= 0.6 is 23.2 Å². The number of pyridine rings is 1. The molecule has 4 rings (SSSR count). The van der Waals surface area contributed by atoms with Gasteiger partial charge in [-0.1, -0.05) is 29.3 Å². The number of benzene rings is 1. The minimum atomic E-state index is -0.336. The van der Waals surface area contributed by atoms with Crippen molar-refractivity contribution in [2.75, 3.05) is 6.54 Å². The smallest absolute Gasteiger partial charge is 0.272 e. The predicted molar refractivity (Wildman–Crippen MR) is 109 cm³/mol. The number of carbonyl (C=O) groups excluding carboxylic acids is 2. The average molecular weight is 430 g/mol. The molecule has 1 aliphatic heterocycles. The van der Waals surface area contributed by atoms with E-state index in [0.29, 0.717) is 47.5 Å². The first-order valence-electron chi connectivity index (χ1n) is 9.00. The largest absolute Gasteiger partial charge is 0.347 e. The maximum absolute atomic E-state index is 12.9. The van der Waals surface area contributed by atoms with E-state index in [0.717, 1.165) is 5.56 Å². The molecule has 0 spiro atoms. The van der Waals surface area contributed by atoms with E-state index in [2.05, 4.69) is 15.4 Å². The van der Waals surface area contributed by atoms with Crippen LogP contribution in [0.25, 0.3) is 0 Å². The summed E-state index contributed by atoms with van der Waals surface area (Å²) in [6, 6.07) is 10.4. The summed E-state index contributed by atoms with van der Waals surface area (Å²) in [4.78, 5) is 30.9. The van der Waals surface area contributed by atoms with Crippen molar-refractivity contribution >= 4 is 35.0 Å². The number of rotatable bonds is 5. The van der Waals surface area contributed by atoms with Gasteiger partial charge in [0.25, 0.3) is 11.8 Å². The minimum absolute atomic E-state index is 0.208. The SMILES string of the molecule is O=C(NCc1ccncc1)c1cc2n(n1)CCN(Cc1c(Cl)cccc1Cl)C2=O. The second kappa shape index (κ2) is 8.23. The molecular formula is C20H17Cl2N5O2. The maximum atomic E-state index is 12.9. The molecule has 0 aliphatic carbocycles. The Hall–Kier alpha value is -2.90. The number of nitrogens with zero attached hydrogens (tertiary/aromatic N) is 4. The predicted octanol–water partition coefficient (Wildman–Crippen LogP) is 3.17. The zero-order valence-electron chi connectivity index (χ0n) is 15.3. The molecule has 0 unspecified atom stereocenters. The molecule has 1 aromatic carbocycles. The molecule has 148 valence electrons. The molecule has 1 N–H and O–H groups in total. The van der Waals surface area contributed by atoms with Crippen LogP contribution < -0.4 is 5.32 Å². The Kier molecular flexibility index (Phi) is 5.51. The highest BCUT2D eigenvalue weighted by Gasteiger charge is 2.28. The first-order chi connectivity index (χ1) is 14.0. The van der Waals surface area contributed by atoms with E-state index in [4.69, 9.17) is 23.2 Å². The Morgan fingerprint density at radius 2 is 1.83 bits per heavy atom. The summed E-state index contributed by atoms with van der Waals surface area (Å²) in [6.07, 6.45) is 3.32. The van der Waals surface area contributed by atoms with Crippen LogP contribution in [0, 0.1) is 0 Å². The van der Waals surface area contributed by atoms with Crippen LogP contribution in [0.15, 0.2) is 48.8 Å². The fourth-order valence-electron chi connectivity index (χ4n) is 3.15. The number of aromatic nitrogens is 3. The molecule has 0 saturated heterocycles. The van der Waals surface area contributed by atoms with Crippen LogP contribution in [0.4, 0.5) is 0 Å². The van der Waals surface area contributed by atoms with Crippen molar-refractivity contribution in [3.63, 3.8) is 0 Å². The van der Waals surface area contributed by atoms with Gasteiger partial charge >= 0.3 is 0 Å². The Balaban J connectivity index is 1.47. The molecule has 0 saturated carbocycles. The molecule has 0 radical (unpaired) electrons. The summed E-state index contributed by atoms with van der Waals surface area (Å²) in [7, 11) is 0. The Morgan fingerprint density at radius 3 is 2.55 bits per heavy atom. The van der Waals surface area contributed by atoms with Gasteiger partial charge in [0.05, 0.1) is 6.54 Å². The summed E-state index contributed by atoms with van der Waals surface area (Å²) in [6.45, 7) is 1.59. The third kappa shape index (κ3) is 4.11. The minimum Gasteiger partial charge on any atom is -0.347 e. The van der Waals surface area contributed by atoms with E-state index in [9.17, 15) is 9.59 Å². The monoisotopic (exact) mass is 429 g/mol. The van der Waals surface area contributed by atoms with Crippen LogP contribution in [0.1, 0.15) is 32.1 Å². The molecule has 1 aliphatic rings. The second-order valence-corrected chi connectivity index (χ2v) is 7.42. The van der Waals surface area contributed by atoms with Gasteiger partial charge in [0.1, 0.15) is 5.69 Å². The van der Waals surface area contributed by atoms with Crippen molar-refractivity contribution in [1.82, 2.24) is 25.0 Å². The van der Waals surface area contributed by atoms with Gasteiger partial charge < -0.3 is 10.2 Å². The maximum Gasteiger partial charge on any atom is 0.272 e. The summed E-state index contributed by atoms with van der Waals surface area (Å²) in [5.41, 5.74) is 2.21. The van der Waals surface area contributed by atoms with E-state index in [1.165, 1.54) is 6.07 Å². The molecule has 29 heavy (non-hydrogen) atoms. The highest BCUT2D eigenvalue weighted by Crippen LogP contribution is 2.27. The lowest BCUT2D eigenvalue weighted by molar-refractivity contribution is 0.0683. The first-order valence-corrected chi connectivity index (χ1v) is 9.75. The Labute approximate surface area is 177 Å². The number of amides is 2. The van der Waals surface area contributed by atoms with E-state index in [1.807, 2.05) is 12.1 Å². The summed E-state index contributed by atoms with van der Waals surface area (Å²) >= 11 is 12.5. The fraction of sp³-hybridized carbons (Fsp3) is 0.200. The van der Waals surface area contributed by atoms with Crippen molar-refractivity contribution < 1.29 is 9.59 Å². The lowest BCUT2D eigenvalue weighted by Gasteiger charge is -2.28. The van der Waals surface area contributed by atoms with Crippen LogP contribution in [-0.2, 0) is 19.6 Å². The van der Waals surface area contributed by atoms with Crippen molar-refractivity contribution in [2.45, 2.75) is 19.6 Å². The van der Waals surface area contributed by atoms with E-state index in [1.54, 1.807) is 40.2 Å². The van der Waals surface area contributed by atoms with Crippen LogP contribution in [0.2, 0.25) is 10.0 Å². The second-order valence-electron chi connectivity index (χ2n) is 6.60. The van der Waals surface area contributed by atoms with E-state index >= 15 is 0 Å². The zero-order valence-corrected chi connectivity index (χ0v) is 16.8. The molecule has 0 fully saturated rings. The normalized spacial score (nSPS) is 13.3. The number of nitrogens with one attached hydrogen (secondary N) is 1.